The van der Waals surface area contributed by atoms with Gasteiger partial charge in [-0.25, -0.2) is 4.39 Å². The maximum atomic E-state index is 13.3. The van der Waals surface area contributed by atoms with Gasteiger partial charge in [-0.3, -0.25) is 4.79 Å². The molecule has 0 N–H and O–H groups in total. The predicted octanol–water partition coefficient (Wildman–Crippen LogP) is 3.97. The van der Waals surface area contributed by atoms with Gasteiger partial charge in [0.25, 0.3) is 0 Å². The quantitative estimate of drug-likeness (QED) is 0.784. The van der Waals surface area contributed by atoms with E-state index in [1.807, 2.05) is 24.1 Å². The number of carbonyl (C=O) groups excluding carboxylic acids is 1. The van der Waals surface area contributed by atoms with Gasteiger partial charge in [0.15, 0.2) is 5.78 Å². The van der Waals surface area contributed by atoms with E-state index in [1.54, 1.807) is 6.07 Å². The normalized spacial score (nSPS) is 10.4. The van der Waals surface area contributed by atoms with Crippen molar-refractivity contribution in [3.8, 4) is 0 Å². The fourth-order valence-corrected chi connectivity index (χ4v) is 2.25. The smallest absolute Gasteiger partial charge is 0.161 e. The van der Waals surface area contributed by atoms with Crippen LogP contribution in [0.5, 0.6) is 0 Å². The van der Waals surface area contributed by atoms with Crippen LogP contribution in [0.4, 0.5) is 10.1 Å². The standard InChI is InChI=1S/C17H18FNO/c1-12-6-4-5-7-14(12)11-19(3)17-9-8-15(18)10-16(17)13(2)20/h4-10H,11H2,1-3H3. The molecule has 20 heavy (non-hydrogen) atoms. The van der Waals surface area contributed by atoms with E-state index < -0.39 is 0 Å². The Balaban J connectivity index is 2.32. The van der Waals surface area contributed by atoms with Gasteiger partial charge in [-0.05, 0) is 43.2 Å². The largest absolute Gasteiger partial charge is 0.370 e. The molecule has 0 aliphatic heterocycles. The summed E-state index contributed by atoms with van der Waals surface area (Å²) in [5.74, 6) is -0.514. The Bertz CT molecular complexity index is 637. The molecule has 0 fully saturated rings. The van der Waals surface area contributed by atoms with Crippen molar-refractivity contribution in [2.24, 2.45) is 0 Å². The van der Waals surface area contributed by atoms with Crippen molar-refractivity contribution >= 4 is 11.5 Å². The maximum Gasteiger partial charge on any atom is 0.161 e. The summed E-state index contributed by atoms with van der Waals surface area (Å²) in [5, 5.41) is 0. The van der Waals surface area contributed by atoms with E-state index in [0.29, 0.717) is 12.1 Å². The molecule has 0 aliphatic carbocycles. The third-order valence-electron chi connectivity index (χ3n) is 3.42. The van der Waals surface area contributed by atoms with Crippen LogP contribution in [0.2, 0.25) is 0 Å². The number of aryl methyl sites for hydroxylation is 1. The SMILES string of the molecule is CC(=O)c1cc(F)ccc1N(C)Cc1ccccc1C. The molecule has 2 nitrogen and oxygen atoms in total. The van der Waals surface area contributed by atoms with Gasteiger partial charge in [0.05, 0.1) is 0 Å². The lowest BCUT2D eigenvalue weighted by Gasteiger charge is -2.22. The van der Waals surface area contributed by atoms with Crippen molar-refractivity contribution in [3.05, 3.63) is 65.0 Å². The summed E-state index contributed by atoms with van der Waals surface area (Å²) in [4.78, 5) is 13.6. The lowest BCUT2D eigenvalue weighted by Crippen LogP contribution is -2.19. The monoisotopic (exact) mass is 271 g/mol. The van der Waals surface area contributed by atoms with Crippen LogP contribution in [0.3, 0.4) is 0 Å². The number of halogens is 1. The van der Waals surface area contributed by atoms with Gasteiger partial charge in [-0.2, -0.15) is 0 Å². The predicted molar refractivity (Wildman–Crippen MR) is 79.7 cm³/mol. The van der Waals surface area contributed by atoms with Crippen LogP contribution in [0.15, 0.2) is 42.5 Å². The molecule has 0 heterocycles. The molecular formula is C17H18FNO. The van der Waals surface area contributed by atoms with Gasteiger partial charge in [-0.15, -0.1) is 0 Å². The molecule has 3 heteroatoms. The first kappa shape index (κ1) is 14.3. The number of nitrogens with zero attached hydrogens (tertiary/aromatic N) is 1. The van der Waals surface area contributed by atoms with Gasteiger partial charge in [0.1, 0.15) is 5.82 Å². The zero-order valence-corrected chi connectivity index (χ0v) is 12.0. The summed E-state index contributed by atoms with van der Waals surface area (Å²) < 4.78 is 13.3. The third-order valence-corrected chi connectivity index (χ3v) is 3.42. The fraction of sp³-hybridized carbons (Fsp3) is 0.235. The number of ketones is 1. The van der Waals surface area contributed by atoms with E-state index in [0.717, 1.165) is 5.69 Å². The number of hydrogen-bond donors (Lipinski definition) is 0. The summed E-state index contributed by atoms with van der Waals surface area (Å²) in [5.41, 5.74) is 3.56. The van der Waals surface area contributed by atoms with E-state index >= 15 is 0 Å². The van der Waals surface area contributed by atoms with Crippen molar-refractivity contribution in [2.45, 2.75) is 20.4 Å². The first-order valence-corrected chi connectivity index (χ1v) is 6.55. The summed E-state index contributed by atoms with van der Waals surface area (Å²) in [6.45, 7) is 4.19. The molecule has 0 aliphatic rings. The Morgan fingerprint density at radius 3 is 2.55 bits per heavy atom. The molecule has 104 valence electrons. The van der Waals surface area contributed by atoms with Crippen LogP contribution >= 0.6 is 0 Å². The van der Waals surface area contributed by atoms with Gasteiger partial charge < -0.3 is 4.90 Å². The Labute approximate surface area is 118 Å². The number of anilines is 1. The molecule has 0 spiro atoms. The topological polar surface area (TPSA) is 20.3 Å². The first-order valence-electron chi connectivity index (χ1n) is 6.55. The second kappa shape index (κ2) is 5.87. The number of hydrogen-bond acceptors (Lipinski definition) is 2. The second-order valence-electron chi connectivity index (χ2n) is 5.00. The van der Waals surface area contributed by atoms with Crippen LogP contribution < -0.4 is 4.90 Å². The Morgan fingerprint density at radius 2 is 1.90 bits per heavy atom. The summed E-state index contributed by atoms with van der Waals surface area (Å²) >= 11 is 0. The van der Waals surface area contributed by atoms with Crippen LogP contribution in [0.25, 0.3) is 0 Å². The lowest BCUT2D eigenvalue weighted by molar-refractivity contribution is 0.101. The third kappa shape index (κ3) is 3.05. The average molecular weight is 271 g/mol. The number of benzene rings is 2. The van der Waals surface area contributed by atoms with Crippen molar-refractivity contribution < 1.29 is 9.18 Å². The lowest BCUT2D eigenvalue weighted by atomic mass is 10.1. The molecule has 2 rings (SSSR count). The van der Waals surface area contributed by atoms with Crippen molar-refractivity contribution in [1.82, 2.24) is 0 Å². The van der Waals surface area contributed by atoms with Crippen molar-refractivity contribution in [1.29, 1.82) is 0 Å². The molecule has 0 saturated carbocycles. The molecule has 0 unspecified atom stereocenters. The van der Waals surface area contributed by atoms with Crippen LogP contribution in [0, 0.1) is 12.7 Å². The highest BCUT2D eigenvalue weighted by molar-refractivity contribution is 5.99. The van der Waals surface area contributed by atoms with Crippen molar-refractivity contribution in [2.75, 3.05) is 11.9 Å². The highest BCUT2D eigenvalue weighted by atomic mass is 19.1. The summed E-state index contributed by atoms with van der Waals surface area (Å²) in [6.07, 6.45) is 0. The van der Waals surface area contributed by atoms with Gasteiger partial charge in [0.2, 0.25) is 0 Å². The Hall–Kier alpha value is -2.16. The molecule has 0 atom stereocenters. The molecule has 0 aromatic heterocycles. The van der Waals surface area contributed by atoms with Gasteiger partial charge in [-0.1, -0.05) is 24.3 Å². The van der Waals surface area contributed by atoms with E-state index in [2.05, 4.69) is 19.1 Å². The van der Waals surface area contributed by atoms with Crippen LogP contribution in [-0.2, 0) is 6.54 Å². The Morgan fingerprint density at radius 1 is 1.20 bits per heavy atom. The Kier molecular flexibility index (Phi) is 4.18. The van der Waals surface area contributed by atoms with Crippen molar-refractivity contribution in [3.63, 3.8) is 0 Å². The minimum atomic E-state index is -0.386. The molecule has 0 amide bonds. The molecule has 0 saturated heterocycles. The van der Waals surface area contributed by atoms with E-state index in [4.69, 9.17) is 0 Å². The highest BCUT2D eigenvalue weighted by Crippen LogP contribution is 2.23. The molecule has 2 aromatic rings. The minimum Gasteiger partial charge on any atom is -0.370 e. The summed E-state index contributed by atoms with van der Waals surface area (Å²) in [6, 6.07) is 12.4. The summed E-state index contributed by atoms with van der Waals surface area (Å²) in [7, 11) is 1.91. The molecule has 2 aromatic carbocycles. The average Bonchev–Trinajstić information content (AvgIpc) is 2.41. The van der Waals surface area contributed by atoms with Gasteiger partial charge in [0, 0.05) is 24.8 Å². The molecule has 0 bridgehead atoms. The molecular weight excluding hydrogens is 253 g/mol. The van der Waals surface area contributed by atoms with Gasteiger partial charge >= 0.3 is 0 Å². The minimum absolute atomic E-state index is 0.129. The van der Waals surface area contributed by atoms with E-state index in [-0.39, 0.29) is 11.6 Å². The highest BCUT2D eigenvalue weighted by Gasteiger charge is 2.13. The number of carbonyl (C=O) groups is 1. The molecule has 0 radical (unpaired) electrons. The van der Waals surface area contributed by atoms with Crippen LogP contribution in [0.1, 0.15) is 28.4 Å². The first-order chi connectivity index (χ1) is 9.49. The van der Waals surface area contributed by atoms with E-state index in [9.17, 15) is 9.18 Å². The van der Waals surface area contributed by atoms with Crippen LogP contribution in [-0.4, -0.2) is 12.8 Å². The second-order valence-corrected chi connectivity index (χ2v) is 5.00. The fourth-order valence-electron chi connectivity index (χ4n) is 2.25. The number of rotatable bonds is 4. The number of Topliss-reactive ketones (excluding diaryl/α,β-unsaturated/α-hetero) is 1. The zero-order valence-electron chi connectivity index (χ0n) is 12.0. The maximum absolute atomic E-state index is 13.3. The van der Waals surface area contributed by atoms with E-state index in [1.165, 1.54) is 30.2 Å². The zero-order chi connectivity index (χ0) is 14.7.